The lowest BCUT2D eigenvalue weighted by Gasteiger charge is -2.22. The Labute approximate surface area is 223 Å². The number of nitrogens with one attached hydrogen (secondary N) is 3. The Morgan fingerprint density at radius 2 is 1.87 bits per heavy atom. The van der Waals surface area contributed by atoms with Gasteiger partial charge in [-0.3, -0.25) is 4.72 Å². The summed E-state index contributed by atoms with van der Waals surface area (Å²) in [5, 5.41) is 2.81. The maximum absolute atomic E-state index is 14.8. The van der Waals surface area contributed by atoms with Gasteiger partial charge in [0.15, 0.2) is 5.75 Å². The molecule has 0 spiro atoms. The largest absolute Gasteiger partial charge is 0.455 e. The smallest absolute Gasteiger partial charge is 0.238 e. The monoisotopic (exact) mass is 561 g/mol. The highest BCUT2D eigenvalue weighted by atomic mass is 32.2. The molecule has 0 aromatic heterocycles. The van der Waals surface area contributed by atoms with Crippen LogP contribution in [0.5, 0.6) is 11.5 Å². The Morgan fingerprint density at radius 1 is 1.11 bits per heavy atom. The zero-order valence-electron chi connectivity index (χ0n) is 21.0. The molecule has 3 aromatic carbocycles. The first kappa shape index (κ1) is 27.6. The molecule has 38 heavy (non-hydrogen) atoms. The van der Waals surface area contributed by atoms with Gasteiger partial charge in [0.2, 0.25) is 10.0 Å². The summed E-state index contributed by atoms with van der Waals surface area (Å²) in [4.78, 5) is 0. The molecule has 0 radical (unpaired) electrons. The van der Waals surface area contributed by atoms with E-state index in [1.807, 2.05) is 0 Å². The molecule has 1 fully saturated rings. The topological polar surface area (TPSA) is 96.5 Å². The molecular weight excluding hydrogens is 532 g/mol. The van der Waals surface area contributed by atoms with Crippen molar-refractivity contribution in [2.24, 2.45) is 0 Å². The van der Waals surface area contributed by atoms with Crippen LogP contribution in [0.1, 0.15) is 31.7 Å². The van der Waals surface area contributed by atoms with Crippen molar-refractivity contribution in [1.82, 2.24) is 0 Å². The van der Waals surface area contributed by atoms with Crippen molar-refractivity contribution in [3.05, 3.63) is 84.5 Å². The number of aryl methyl sites for hydroxylation is 1. The third kappa shape index (κ3) is 6.16. The molecule has 0 heterocycles. The molecule has 7 nitrogen and oxygen atoms in total. The highest BCUT2D eigenvalue weighted by molar-refractivity contribution is 7.94. The van der Waals surface area contributed by atoms with Crippen molar-refractivity contribution >= 4 is 43.8 Å². The second-order valence-corrected chi connectivity index (χ2v) is 12.6. The molecule has 4 rings (SSSR count). The van der Waals surface area contributed by atoms with Crippen molar-refractivity contribution in [2.45, 2.75) is 37.9 Å². The van der Waals surface area contributed by atoms with Crippen molar-refractivity contribution in [3.63, 3.8) is 0 Å². The van der Waals surface area contributed by atoms with Gasteiger partial charge in [0, 0.05) is 23.6 Å². The van der Waals surface area contributed by atoms with Crippen molar-refractivity contribution in [3.8, 4) is 11.5 Å². The normalized spacial score (nSPS) is 14.8. The maximum Gasteiger partial charge on any atom is 0.238 e. The molecule has 3 aromatic rings. The first-order chi connectivity index (χ1) is 18.1. The minimum absolute atomic E-state index is 0.0258. The molecule has 0 saturated heterocycles. The molecule has 1 atom stereocenters. The number of benzene rings is 3. The van der Waals surface area contributed by atoms with E-state index in [2.05, 4.69) is 21.3 Å². The lowest BCUT2D eigenvalue weighted by atomic mass is 10.2. The van der Waals surface area contributed by atoms with Gasteiger partial charge in [-0.15, -0.1) is 6.58 Å². The zero-order chi connectivity index (χ0) is 27.5. The van der Waals surface area contributed by atoms with Gasteiger partial charge in [-0.2, -0.15) is 0 Å². The van der Waals surface area contributed by atoms with Crippen LogP contribution in [0.15, 0.2) is 67.3 Å². The molecule has 1 aliphatic rings. The van der Waals surface area contributed by atoms with Gasteiger partial charge >= 0.3 is 0 Å². The van der Waals surface area contributed by atoms with E-state index >= 15 is 0 Å². The first-order valence-electron chi connectivity index (χ1n) is 12.0. The van der Waals surface area contributed by atoms with Gasteiger partial charge in [0.1, 0.15) is 34.1 Å². The predicted molar refractivity (Wildman–Crippen MR) is 149 cm³/mol. The zero-order valence-corrected chi connectivity index (χ0v) is 22.6. The van der Waals surface area contributed by atoms with E-state index < -0.39 is 37.4 Å². The molecular formula is C27H29F2N3O4S2. The van der Waals surface area contributed by atoms with Crippen LogP contribution in [0.3, 0.4) is 0 Å². The highest BCUT2D eigenvalue weighted by Crippen LogP contribution is 2.49. The van der Waals surface area contributed by atoms with E-state index in [0.717, 1.165) is 12.1 Å². The summed E-state index contributed by atoms with van der Waals surface area (Å²) < 4.78 is 78.6. The summed E-state index contributed by atoms with van der Waals surface area (Å²) >= 11 is 0. The lowest BCUT2D eigenvalue weighted by Crippen LogP contribution is -2.29. The van der Waals surface area contributed by atoms with Crippen molar-refractivity contribution in [2.75, 3.05) is 20.5 Å². The number of halogens is 2. The second kappa shape index (κ2) is 11.1. The number of allylic oxidation sites excluding steroid dienone is 1. The van der Waals surface area contributed by atoms with E-state index in [4.69, 9.17) is 4.74 Å². The summed E-state index contributed by atoms with van der Waals surface area (Å²) in [5.41, 5.74) is 1.13. The SMILES string of the molecule is C=CCC1(S(=O)(=O)Nc2c(Nc3ccc(C)cc3F)cc(F)cc2Oc2cccc(NS(=O)CC)c2)CC1. The summed E-state index contributed by atoms with van der Waals surface area (Å²) in [6.07, 6.45) is 2.69. The fourth-order valence-electron chi connectivity index (χ4n) is 3.91. The molecule has 11 heteroatoms. The van der Waals surface area contributed by atoms with Gasteiger partial charge < -0.3 is 14.8 Å². The van der Waals surface area contributed by atoms with Gasteiger partial charge in [-0.05, 0) is 62.1 Å². The van der Waals surface area contributed by atoms with Gasteiger partial charge in [0.25, 0.3) is 0 Å². The second-order valence-electron chi connectivity index (χ2n) is 9.08. The summed E-state index contributed by atoms with van der Waals surface area (Å²) in [6.45, 7) is 7.16. The van der Waals surface area contributed by atoms with Crippen LogP contribution < -0.4 is 19.5 Å². The van der Waals surface area contributed by atoms with E-state index in [-0.39, 0.29) is 35.0 Å². The molecule has 1 saturated carbocycles. The van der Waals surface area contributed by atoms with Crippen LogP contribution in [0, 0.1) is 18.6 Å². The molecule has 1 unspecified atom stereocenters. The number of anilines is 4. The molecule has 0 amide bonds. The van der Waals surface area contributed by atoms with Crippen LogP contribution in [0.4, 0.5) is 31.5 Å². The minimum Gasteiger partial charge on any atom is -0.455 e. The first-order valence-corrected chi connectivity index (χ1v) is 14.8. The van der Waals surface area contributed by atoms with Crippen molar-refractivity contribution < 1.29 is 26.1 Å². The van der Waals surface area contributed by atoms with E-state index in [0.29, 0.717) is 29.8 Å². The Morgan fingerprint density at radius 3 is 2.53 bits per heavy atom. The Kier molecular flexibility index (Phi) is 8.08. The third-order valence-corrected chi connectivity index (χ3v) is 9.32. The van der Waals surface area contributed by atoms with E-state index in [1.54, 1.807) is 50.3 Å². The number of hydrogen-bond acceptors (Lipinski definition) is 5. The van der Waals surface area contributed by atoms with Crippen LogP contribution in [0.2, 0.25) is 0 Å². The average molecular weight is 562 g/mol. The quantitative estimate of drug-likeness (QED) is 0.213. The Hall–Kier alpha value is -3.44. The van der Waals surface area contributed by atoms with Crippen LogP contribution in [0.25, 0.3) is 0 Å². The number of ether oxygens (including phenoxy) is 1. The van der Waals surface area contributed by atoms with Crippen LogP contribution in [-0.4, -0.2) is 23.1 Å². The van der Waals surface area contributed by atoms with E-state index in [1.165, 1.54) is 12.1 Å². The molecule has 0 bridgehead atoms. The Bertz CT molecular complexity index is 1490. The minimum atomic E-state index is -3.96. The fourth-order valence-corrected chi connectivity index (χ4v) is 6.12. The highest BCUT2D eigenvalue weighted by Gasteiger charge is 2.54. The number of sulfonamides is 1. The fraction of sp³-hybridized carbons (Fsp3) is 0.259. The number of rotatable bonds is 12. The van der Waals surface area contributed by atoms with Gasteiger partial charge in [0.05, 0.1) is 16.1 Å². The summed E-state index contributed by atoms with van der Waals surface area (Å²) in [6, 6.07) is 13.1. The third-order valence-electron chi connectivity index (χ3n) is 6.15. The van der Waals surface area contributed by atoms with E-state index in [9.17, 15) is 21.4 Å². The Balaban J connectivity index is 1.78. The summed E-state index contributed by atoms with van der Waals surface area (Å²) in [7, 11) is -5.26. The average Bonchev–Trinajstić information content (AvgIpc) is 3.65. The van der Waals surface area contributed by atoms with Crippen LogP contribution in [-0.2, 0) is 21.0 Å². The summed E-state index contributed by atoms with van der Waals surface area (Å²) in [5.74, 6) is -0.816. The van der Waals surface area contributed by atoms with Gasteiger partial charge in [-0.1, -0.05) is 25.1 Å². The number of hydrogen-bond donors (Lipinski definition) is 3. The predicted octanol–water partition coefficient (Wildman–Crippen LogP) is 6.76. The van der Waals surface area contributed by atoms with Crippen LogP contribution >= 0.6 is 0 Å². The molecule has 3 N–H and O–H groups in total. The standard InChI is InChI=1S/C27H29F2N3O4S2/c1-4-11-27(12-13-27)38(34,35)32-26-24(30-23-10-9-18(3)14-22(23)29)15-19(28)16-25(26)36-21-8-6-7-20(17-21)31-37(33)5-2/h4,6-10,14-17,30-32H,1,5,11-13H2,2-3H3. The van der Waals surface area contributed by atoms with Gasteiger partial charge in [-0.25, -0.2) is 21.4 Å². The maximum atomic E-state index is 14.8. The molecule has 0 aliphatic heterocycles. The molecule has 1 aliphatic carbocycles. The van der Waals surface area contributed by atoms with Crippen molar-refractivity contribution in [1.29, 1.82) is 0 Å². The molecule has 202 valence electrons. The lowest BCUT2D eigenvalue weighted by molar-refractivity contribution is 0.479.